The van der Waals surface area contributed by atoms with Crippen LogP contribution in [0.25, 0.3) is 0 Å². The number of rotatable bonds is 3. The molecule has 0 unspecified atom stereocenters. The van der Waals surface area contributed by atoms with E-state index < -0.39 is 5.41 Å². The number of amides is 1. The Hall–Kier alpha value is -0.810. The number of hydrogen-bond acceptors (Lipinski definition) is 3. The van der Waals surface area contributed by atoms with Crippen molar-refractivity contribution in [1.29, 1.82) is 0 Å². The smallest absolute Gasteiger partial charge is 0.231 e. The van der Waals surface area contributed by atoms with Crippen LogP contribution >= 0.6 is 24.0 Å². The number of halogens is 2. The van der Waals surface area contributed by atoms with Crippen molar-refractivity contribution in [3.05, 3.63) is 34.9 Å². The lowest BCUT2D eigenvalue weighted by molar-refractivity contribution is -0.131. The van der Waals surface area contributed by atoms with E-state index in [-0.39, 0.29) is 30.4 Å². The molecule has 1 amide bonds. The summed E-state index contributed by atoms with van der Waals surface area (Å²) in [6.07, 6.45) is 5.30. The predicted molar refractivity (Wildman–Crippen MR) is 98.8 cm³/mol. The van der Waals surface area contributed by atoms with Crippen molar-refractivity contribution in [3.63, 3.8) is 0 Å². The van der Waals surface area contributed by atoms with Gasteiger partial charge in [-0.1, -0.05) is 23.7 Å². The maximum Gasteiger partial charge on any atom is 0.231 e. The molecule has 1 aromatic rings. The Morgan fingerprint density at radius 3 is 2.50 bits per heavy atom. The van der Waals surface area contributed by atoms with E-state index in [0.717, 1.165) is 31.2 Å². The largest absolute Gasteiger partial charge is 0.381 e. The van der Waals surface area contributed by atoms with Gasteiger partial charge < -0.3 is 15.8 Å². The average Bonchev–Trinajstić information content (AvgIpc) is 2.57. The molecule has 1 saturated heterocycles. The lowest BCUT2D eigenvalue weighted by Crippen LogP contribution is -2.52. The first-order valence-electron chi connectivity index (χ1n) is 8.50. The molecule has 1 aliphatic heterocycles. The third-order valence-electron chi connectivity index (χ3n) is 5.27. The maximum atomic E-state index is 13.1. The van der Waals surface area contributed by atoms with Crippen LogP contribution in [0.15, 0.2) is 24.3 Å². The molecular weight excluding hydrogens is 347 g/mol. The van der Waals surface area contributed by atoms with Crippen LogP contribution in [0, 0.1) is 0 Å². The molecular formula is C18H26Cl2N2O2. The highest BCUT2D eigenvalue weighted by molar-refractivity contribution is 6.30. The van der Waals surface area contributed by atoms with Gasteiger partial charge >= 0.3 is 0 Å². The summed E-state index contributed by atoms with van der Waals surface area (Å²) in [5.74, 6) is 0.114. The lowest BCUT2D eigenvalue weighted by atomic mass is 9.73. The van der Waals surface area contributed by atoms with Gasteiger partial charge in [-0.2, -0.15) is 0 Å². The van der Waals surface area contributed by atoms with Crippen LogP contribution < -0.4 is 11.1 Å². The van der Waals surface area contributed by atoms with E-state index in [4.69, 9.17) is 22.1 Å². The molecule has 1 saturated carbocycles. The molecule has 2 aliphatic rings. The third kappa shape index (κ3) is 4.23. The molecule has 2 fully saturated rings. The van der Waals surface area contributed by atoms with Gasteiger partial charge in [0.05, 0.1) is 5.41 Å². The van der Waals surface area contributed by atoms with E-state index in [1.54, 1.807) is 0 Å². The first kappa shape index (κ1) is 19.5. The molecule has 24 heavy (non-hydrogen) atoms. The number of benzene rings is 1. The molecule has 0 radical (unpaired) electrons. The predicted octanol–water partition coefficient (Wildman–Crippen LogP) is 3.20. The molecule has 0 spiro atoms. The van der Waals surface area contributed by atoms with Crippen LogP contribution in [0.2, 0.25) is 5.02 Å². The summed E-state index contributed by atoms with van der Waals surface area (Å²) in [4.78, 5) is 13.1. The zero-order chi connectivity index (χ0) is 16.3. The highest BCUT2D eigenvalue weighted by Gasteiger charge is 2.42. The summed E-state index contributed by atoms with van der Waals surface area (Å²) < 4.78 is 5.50. The summed E-state index contributed by atoms with van der Waals surface area (Å²) in [6.45, 7) is 1.21. The molecule has 0 atom stereocenters. The quantitative estimate of drug-likeness (QED) is 0.855. The fourth-order valence-corrected chi connectivity index (χ4v) is 3.93. The van der Waals surface area contributed by atoms with Crippen LogP contribution in [0.5, 0.6) is 0 Å². The monoisotopic (exact) mass is 372 g/mol. The molecule has 1 heterocycles. The summed E-state index contributed by atoms with van der Waals surface area (Å²) >= 11 is 6.16. The number of nitrogens with one attached hydrogen (secondary N) is 1. The number of carbonyl (C=O) groups is 1. The highest BCUT2D eigenvalue weighted by Crippen LogP contribution is 2.36. The third-order valence-corrected chi connectivity index (χ3v) is 5.50. The van der Waals surface area contributed by atoms with E-state index >= 15 is 0 Å². The van der Waals surface area contributed by atoms with Gasteiger partial charge in [0.2, 0.25) is 5.91 Å². The molecule has 3 rings (SSSR count). The molecule has 6 heteroatoms. The minimum atomic E-state index is -0.525. The molecule has 0 bridgehead atoms. The minimum absolute atomic E-state index is 0. The Kier molecular flexibility index (Phi) is 6.93. The number of hydrogen-bond donors (Lipinski definition) is 2. The van der Waals surface area contributed by atoms with E-state index in [2.05, 4.69) is 5.32 Å². The van der Waals surface area contributed by atoms with Crippen LogP contribution in [-0.2, 0) is 14.9 Å². The minimum Gasteiger partial charge on any atom is -0.381 e. The van der Waals surface area contributed by atoms with Crippen LogP contribution in [0.1, 0.15) is 44.1 Å². The zero-order valence-electron chi connectivity index (χ0n) is 13.8. The fourth-order valence-electron chi connectivity index (χ4n) is 3.74. The Morgan fingerprint density at radius 1 is 1.21 bits per heavy atom. The van der Waals surface area contributed by atoms with E-state index in [1.165, 1.54) is 0 Å². The lowest BCUT2D eigenvalue weighted by Gasteiger charge is -2.38. The first-order chi connectivity index (χ1) is 11.1. The van der Waals surface area contributed by atoms with Crippen molar-refractivity contribution in [1.82, 2.24) is 5.32 Å². The Bertz CT molecular complexity index is 554. The summed E-state index contributed by atoms with van der Waals surface area (Å²) in [6, 6.07) is 8.21. The second kappa shape index (κ2) is 8.52. The summed E-state index contributed by atoms with van der Waals surface area (Å²) in [5, 5.41) is 3.95. The maximum absolute atomic E-state index is 13.1. The molecule has 1 aromatic carbocycles. The van der Waals surface area contributed by atoms with E-state index in [0.29, 0.717) is 31.1 Å². The fraction of sp³-hybridized carbons (Fsp3) is 0.611. The standard InChI is InChI=1S/C18H25ClN2O2.ClH/c19-14-3-1-2-13(12-14)18(8-10-23-11-9-18)17(22)21-16-6-4-15(20)5-7-16;/h1-3,12,15-16H,4-11,20H2,(H,21,22);1H. The van der Waals surface area contributed by atoms with Crippen molar-refractivity contribution >= 4 is 29.9 Å². The van der Waals surface area contributed by atoms with Gasteiger partial charge in [0.1, 0.15) is 0 Å². The van der Waals surface area contributed by atoms with Crippen molar-refractivity contribution in [2.75, 3.05) is 13.2 Å². The second-order valence-electron chi connectivity index (χ2n) is 6.79. The summed E-state index contributed by atoms with van der Waals surface area (Å²) in [7, 11) is 0. The average molecular weight is 373 g/mol. The zero-order valence-corrected chi connectivity index (χ0v) is 15.4. The van der Waals surface area contributed by atoms with Gasteiger partial charge in [0.25, 0.3) is 0 Å². The SMILES string of the molecule is Cl.NC1CCC(NC(=O)C2(c3cccc(Cl)c3)CCOCC2)CC1. The van der Waals surface area contributed by atoms with Gasteiger partial charge in [-0.3, -0.25) is 4.79 Å². The van der Waals surface area contributed by atoms with Crippen molar-refractivity contribution in [2.24, 2.45) is 5.73 Å². The summed E-state index contributed by atoms with van der Waals surface area (Å²) in [5.41, 5.74) is 6.43. The highest BCUT2D eigenvalue weighted by atomic mass is 35.5. The normalized spacial score (nSPS) is 26.2. The molecule has 4 nitrogen and oxygen atoms in total. The van der Waals surface area contributed by atoms with Crippen molar-refractivity contribution in [3.8, 4) is 0 Å². The number of nitrogens with two attached hydrogens (primary N) is 1. The topological polar surface area (TPSA) is 64.3 Å². The number of carbonyl (C=O) groups excluding carboxylic acids is 1. The van der Waals surface area contributed by atoms with Gasteiger partial charge in [-0.05, 0) is 56.2 Å². The van der Waals surface area contributed by atoms with Crippen LogP contribution in [0.3, 0.4) is 0 Å². The van der Waals surface area contributed by atoms with E-state index in [9.17, 15) is 4.79 Å². The Morgan fingerprint density at radius 2 is 1.88 bits per heavy atom. The molecule has 0 aromatic heterocycles. The second-order valence-corrected chi connectivity index (χ2v) is 7.23. The van der Waals surface area contributed by atoms with E-state index in [1.807, 2.05) is 24.3 Å². The Labute approximate surface area is 154 Å². The molecule has 1 aliphatic carbocycles. The first-order valence-corrected chi connectivity index (χ1v) is 8.88. The van der Waals surface area contributed by atoms with Gasteiger partial charge in [0.15, 0.2) is 0 Å². The molecule has 3 N–H and O–H groups in total. The van der Waals surface area contributed by atoms with Crippen LogP contribution in [-0.4, -0.2) is 31.2 Å². The Balaban J connectivity index is 0.00000208. The van der Waals surface area contributed by atoms with Crippen LogP contribution in [0.4, 0.5) is 0 Å². The van der Waals surface area contributed by atoms with Gasteiger partial charge in [-0.25, -0.2) is 0 Å². The molecule has 134 valence electrons. The number of ether oxygens (including phenoxy) is 1. The van der Waals surface area contributed by atoms with Gasteiger partial charge in [0, 0.05) is 30.3 Å². The van der Waals surface area contributed by atoms with Crippen molar-refractivity contribution < 1.29 is 9.53 Å². The van der Waals surface area contributed by atoms with Gasteiger partial charge in [-0.15, -0.1) is 12.4 Å². The van der Waals surface area contributed by atoms with Crippen molar-refractivity contribution in [2.45, 2.75) is 56.0 Å².